The van der Waals surface area contributed by atoms with E-state index in [-0.39, 0.29) is 12.5 Å². The van der Waals surface area contributed by atoms with Gasteiger partial charge in [-0.05, 0) is 31.0 Å². The number of aromatic nitrogens is 1. The van der Waals surface area contributed by atoms with Gasteiger partial charge in [-0.25, -0.2) is 4.98 Å². The van der Waals surface area contributed by atoms with E-state index in [2.05, 4.69) is 10.3 Å². The van der Waals surface area contributed by atoms with Crippen molar-refractivity contribution in [2.24, 2.45) is 0 Å². The fourth-order valence-electron chi connectivity index (χ4n) is 1.52. The lowest BCUT2D eigenvalue weighted by Gasteiger charge is -2.18. The fourth-order valence-corrected chi connectivity index (χ4v) is 1.52. The molecule has 0 saturated heterocycles. The van der Waals surface area contributed by atoms with Gasteiger partial charge in [0.15, 0.2) is 0 Å². The molecule has 0 aliphatic rings. The van der Waals surface area contributed by atoms with Crippen molar-refractivity contribution in [2.45, 2.75) is 26.4 Å². The molecule has 5 nitrogen and oxygen atoms in total. The monoisotopic (exact) mass is 251 g/mol. The summed E-state index contributed by atoms with van der Waals surface area (Å²) in [5.41, 5.74) is 0.792. The van der Waals surface area contributed by atoms with Crippen LogP contribution in [0, 0.1) is 0 Å². The van der Waals surface area contributed by atoms with E-state index in [1.54, 1.807) is 37.2 Å². The molecule has 0 fully saturated rings. The molecule has 1 rings (SSSR count). The molecule has 0 aromatic carbocycles. The first-order chi connectivity index (χ1) is 8.54. The van der Waals surface area contributed by atoms with Crippen LogP contribution in [0.25, 0.3) is 0 Å². The van der Waals surface area contributed by atoms with Crippen LogP contribution in [-0.4, -0.2) is 36.1 Å². The number of aliphatic hydroxyl groups is 1. The molecule has 0 aliphatic heterocycles. The van der Waals surface area contributed by atoms with Crippen molar-refractivity contribution in [3.63, 3.8) is 0 Å². The maximum Gasteiger partial charge on any atom is 0.239 e. The van der Waals surface area contributed by atoms with Crippen molar-refractivity contribution in [1.29, 1.82) is 0 Å². The number of carbonyl (C=O) groups excluding carboxylic acids is 1. The molecule has 1 heterocycles. The highest BCUT2D eigenvalue weighted by atomic mass is 16.3. The number of rotatable bonds is 6. The van der Waals surface area contributed by atoms with Gasteiger partial charge in [0, 0.05) is 19.8 Å². The first-order valence-corrected chi connectivity index (χ1v) is 6.16. The molecule has 0 bridgehead atoms. The van der Waals surface area contributed by atoms with Crippen LogP contribution in [0.15, 0.2) is 18.3 Å². The molecule has 2 N–H and O–H groups in total. The van der Waals surface area contributed by atoms with Gasteiger partial charge in [0.1, 0.15) is 5.82 Å². The lowest BCUT2D eigenvalue weighted by atomic mass is 10.2. The number of carbonyl (C=O) groups is 1. The quantitative estimate of drug-likeness (QED) is 0.794. The second-order valence-corrected chi connectivity index (χ2v) is 4.33. The van der Waals surface area contributed by atoms with Gasteiger partial charge in [-0.2, -0.15) is 0 Å². The van der Waals surface area contributed by atoms with Crippen LogP contribution in [-0.2, 0) is 4.79 Å². The standard InChI is InChI=1S/C13H21N3O2/c1-4-6-15-13(18)9-16(3)12-8-11(10(2)17)5-7-14-12/h5,7-8,10,17H,4,6,9H2,1-3H3,(H,15,18)/t10-/m0/s1. The molecule has 100 valence electrons. The summed E-state index contributed by atoms with van der Waals surface area (Å²) in [6.07, 6.45) is 2.03. The first-order valence-electron chi connectivity index (χ1n) is 6.16. The lowest BCUT2D eigenvalue weighted by molar-refractivity contribution is -0.119. The number of nitrogens with one attached hydrogen (secondary N) is 1. The Bertz CT molecular complexity index is 394. The molecule has 0 unspecified atom stereocenters. The summed E-state index contributed by atoms with van der Waals surface area (Å²) in [6.45, 7) is 4.66. The van der Waals surface area contributed by atoms with E-state index in [1.807, 2.05) is 6.92 Å². The Labute approximate surface area is 108 Å². The molecule has 1 aromatic rings. The van der Waals surface area contributed by atoms with Crippen LogP contribution in [0.3, 0.4) is 0 Å². The van der Waals surface area contributed by atoms with Crippen molar-refractivity contribution in [2.75, 3.05) is 25.0 Å². The molecule has 1 amide bonds. The summed E-state index contributed by atoms with van der Waals surface area (Å²) >= 11 is 0. The summed E-state index contributed by atoms with van der Waals surface area (Å²) in [7, 11) is 1.81. The third-order valence-corrected chi connectivity index (χ3v) is 2.60. The fraction of sp³-hybridized carbons (Fsp3) is 0.538. The molecule has 1 aromatic heterocycles. The van der Waals surface area contributed by atoms with E-state index in [9.17, 15) is 9.90 Å². The summed E-state index contributed by atoms with van der Waals surface area (Å²) in [6, 6.07) is 3.55. The topological polar surface area (TPSA) is 65.5 Å². The third-order valence-electron chi connectivity index (χ3n) is 2.60. The highest BCUT2D eigenvalue weighted by Gasteiger charge is 2.09. The zero-order valence-corrected chi connectivity index (χ0v) is 11.2. The summed E-state index contributed by atoms with van der Waals surface area (Å²) in [4.78, 5) is 17.5. The number of aliphatic hydroxyl groups excluding tert-OH is 1. The minimum atomic E-state index is -0.533. The zero-order valence-electron chi connectivity index (χ0n) is 11.2. The van der Waals surface area contributed by atoms with E-state index in [1.165, 1.54) is 0 Å². The van der Waals surface area contributed by atoms with E-state index in [0.29, 0.717) is 12.4 Å². The highest BCUT2D eigenvalue weighted by Crippen LogP contribution is 2.16. The minimum Gasteiger partial charge on any atom is -0.389 e. The largest absolute Gasteiger partial charge is 0.389 e. The van der Waals surface area contributed by atoms with Crippen LogP contribution in [0.2, 0.25) is 0 Å². The van der Waals surface area contributed by atoms with Crippen LogP contribution < -0.4 is 10.2 Å². The van der Waals surface area contributed by atoms with Crippen LogP contribution in [0.5, 0.6) is 0 Å². The maximum absolute atomic E-state index is 11.6. The molecule has 0 spiro atoms. The van der Waals surface area contributed by atoms with Gasteiger partial charge in [-0.15, -0.1) is 0 Å². The Morgan fingerprint density at radius 1 is 1.61 bits per heavy atom. The molecule has 0 saturated carbocycles. The van der Waals surface area contributed by atoms with Gasteiger partial charge >= 0.3 is 0 Å². The molecule has 0 aliphatic carbocycles. The van der Waals surface area contributed by atoms with Gasteiger partial charge in [0.2, 0.25) is 5.91 Å². The second kappa shape index (κ2) is 6.96. The molecule has 18 heavy (non-hydrogen) atoms. The Morgan fingerprint density at radius 3 is 2.94 bits per heavy atom. The summed E-state index contributed by atoms with van der Waals surface area (Å²) in [5.74, 6) is 0.656. The van der Waals surface area contributed by atoms with E-state index in [0.717, 1.165) is 12.0 Å². The number of hydrogen-bond acceptors (Lipinski definition) is 4. The minimum absolute atomic E-state index is 0.0244. The number of pyridine rings is 1. The number of hydrogen-bond donors (Lipinski definition) is 2. The van der Waals surface area contributed by atoms with Gasteiger partial charge < -0.3 is 15.3 Å². The lowest BCUT2D eigenvalue weighted by Crippen LogP contribution is -2.35. The van der Waals surface area contributed by atoms with Gasteiger partial charge in [-0.3, -0.25) is 4.79 Å². The molecular formula is C13H21N3O2. The predicted molar refractivity (Wildman–Crippen MR) is 71.4 cm³/mol. The van der Waals surface area contributed by atoms with Gasteiger partial charge in [0.05, 0.1) is 12.6 Å². The predicted octanol–water partition coefficient (Wildman–Crippen LogP) is 1.10. The van der Waals surface area contributed by atoms with Crippen LogP contribution >= 0.6 is 0 Å². The Kier molecular flexibility index (Phi) is 5.58. The van der Waals surface area contributed by atoms with Crippen molar-refractivity contribution in [3.8, 4) is 0 Å². The Hall–Kier alpha value is -1.62. The van der Waals surface area contributed by atoms with E-state index < -0.39 is 6.10 Å². The van der Waals surface area contributed by atoms with Crippen molar-refractivity contribution < 1.29 is 9.90 Å². The number of likely N-dealkylation sites (N-methyl/N-ethyl adjacent to an activating group) is 1. The van der Waals surface area contributed by atoms with E-state index in [4.69, 9.17) is 0 Å². The molecular weight excluding hydrogens is 230 g/mol. The SMILES string of the molecule is CCCNC(=O)CN(C)c1cc([C@H](C)O)ccn1. The molecule has 1 atom stereocenters. The molecule has 5 heteroatoms. The summed E-state index contributed by atoms with van der Waals surface area (Å²) in [5, 5.41) is 12.3. The van der Waals surface area contributed by atoms with E-state index >= 15 is 0 Å². The normalized spacial score (nSPS) is 12.0. The van der Waals surface area contributed by atoms with Gasteiger partial charge in [-0.1, -0.05) is 6.92 Å². The first kappa shape index (κ1) is 14.4. The highest BCUT2D eigenvalue weighted by molar-refractivity contribution is 5.80. The third kappa shape index (κ3) is 4.33. The Balaban J connectivity index is 2.63. The average molecular weight is 251 g/mol. The van der Waals surface area contributed by atoms with Gasteiger partial charge in [0.25, 0.3) is 0 Å². The zero-order chi connectivity index (χ0) is 13.5. The maximum atomic E-state index is 11.6. The van der Waals surface area contributed by atoms with Crippen LogP contribution in [0.1, 0.15) is 31.9 Å². The van der Waals surface area contributed by atoms with Crippen LogP contribution in [0.4, 0.5) is 5.82 Å². The number of nitrogens with zero attached hydrogens (tertiary/aromatic N) is 2. The second-order valence-electron chi connectivity index (χ2n) is 4.33. The average Bonchev–Trinajstić information content (AvgIpc) is 2.36. The van der Waals surface area contributed by atoms with Crippen molar-refractivity contribution >= 4 is 11.7 Å². The molecule has 0 radical (unpaired) electrons. The Morgan fingerprint density at radius 2 is 2.33 bits per heavy atom. The smallest absolute Gasteiger partial charge is 0.239 e. The van der Waals surface area contributed by atoms with Crippen molar-refractivity contribution in [3.05, 3.63) is 23.9 Å². The number of amides is 1. The number of anilines is 1. The summed E-state index contributed by atoms with van der Waals surface area (Å²) < 4.78 is 0. The van der Waals surface area contributed by atoms with Crippen molar-refractivity contribution in [1.82, 2.24) is 10.3 Å².